The number of hydrogen-bond donors (Lipinski definition) is 2. The summed E-state index contributed by atoms with van der Waals surface area (Å²) in [6.07, 6.45) is -2.27. The number of halogens is 3. The summed E-state index contributed by atoms with van der Waals surface area (Å²) in [5.41, 5.74) is -0.337. The maximum absolute atomic E-state index is 12.8. The maximum Gasteiger partial charge on any atom is 0.416 e. The van der Waals surface area contributed by atoms with Crippen molar-refractivity contribution in [2.45, 2.75) is 32.0 Å². The summed E-state index contributed by atoms with van der Waals surface area (Å²) >= 11 is 0. The summed E-state index contributed by atoms with van der Waals surface area (Å²) in [7, 11) is 0. The molecule has 2 amide bonds. The van der Waals surface area contributed by atoms with E-state index in [-0.39, 0.29) is 18.2 Å². The van der Waals surface area contributed by atoms with E-state index in [1.165, 1.54) is 12.1 Å². The smallest absolute Gasteiger partial charge is 0.416 e. The molecule has 0 spiro atoms. The Morgan fingerprint density at radius 1 is 1.16 bits per heavy atom. The van der Waals surface area contributed by atoms with Crippen molar-refractivity contribution in [3.63, 3.8) is 0 Å². The molecule has 0 radical (unpaired) electrons. The monoisotopic (exact) mass is 449 g/mol. The lowest BCUT2D eigenvalue weighted by Gasteiger charge is -2.22. The average molecular weight is 449 g/mol. The minimum absolute atomic E-state index is 0.0318. The van der Waals surface area contributed by atoms with Crippen molar-refractivity contribution in [2.24, 2.45) is 0 Å². The summed E-state index contributed by atoms with van der Waals surface area (Å²) < 4.78 is 43.6. The maximum atomic E-state index is 12.8. The molecular weight excluding hydrogens is 423 g/mol. The summed E-state index contributed by atoms with van der Waals surface area (Å²) in [4.78, 5) is 26.7. The molecule has 172 valence electrons. The van der Waals surface area contributed by atoms with Crippen LogP contribution in [-0.2, 0) is 11.0 Å². The number of carbonyl (C=O) groups excluding carboxylic acids is 2. The van der Waals surface area contributed by atoms with Gasteiger partial charge in [0.1, 0.15) is 5.75 Å². The first-order chi connectivity index (χ1) is 15.3. The topological polar surface area (TPSA) is 70.7 Å². The summed E-state index contributed by atoms with van der Waals surface area (Å²) in [6.45, 7) is 4.36. The van der Waals surface area contributed by atoms with E-state index in [0.29, 0.717) is 23.9 Å². The second kappa shape index (κ2) is 10.5. The molecule has 0 saturated carbocycles. The number of ether oxygens (including phenoxy) is 1. The molecule has 3 rings (SSSR count). The lowest BCUT2D eigenvalue weighted by atomic mass is 10.2. The molecule has 1 unspecified atom stereocenters. The molecule has 1 aliphatic heterocycles. The number of nitrogens with zero attached hydrogens (tertiary/aromatic N) is 1. The van der Waals surface area contributed by atoms with Gasteiger partial charge in [-0.25, -0.2) is 0 Å². The van der Waals surface area contributed by atoms with Gasteiger partial charge in [-0.15, -0.1) is 0 Å². The Bertz CT molecular complexity index is 932. The molecule has 1 fully saturated rings. The van der Waals surface area contributed by atoms with Crippen LogP contribution in [0.2, 0.25) is 0 Å². The predicted octanol–water partition coefficient (Wildman–Crippen LogP) is 3.94. The number of anilines is 1. The number of nitrogens with one attached hydrogen (secondary N) is 2. The van der Waals surface area contributed by atoms with E-state index >= 15 is 0 Å². The Balaban J connectivity index is 1.46. The fourth-order valence-electron chi connectivity index (χ4n) is 3.68. The van der Waals surface area contributed by atoms with Crippen LogP contribution in [0, 0.1) is 0 Å². The van der Waals surface area contributed by atoms with Crippen molar-refractivity contribution in [1.29, 1.82) is 0 Å². The zero-order chi connectivity index (χ0) is 23.1. The quantitative estimate of drug-likeness (QED) is 0.641. The first-order valence-electron chi connectivity index (χ1n) is 10.5. The highest BCUT2D eigenvalue weighted by molar-refractivity contribution is 5.94. The third kappa shape index (κ3) is 6.46. The van der Waals surface area contributed by atoms with E-state index in [2.05, 4.69) is 22.5 Å². The molecule has 2 aromatic rings. The van der Waals surface area contributed by atoms with Crippen molar-refractivity contribution in [3.8, 4) is 5.75 Å². The van der Waals surface area contributed by atoms with Crippen LogP contribution in [0.1, 0.15) is 35.7 Å². The minimum atomic E-state index is -4.49. The molecule has 0 bridgehead atoms. The largest absolute Gasteiger partial charge is 0.484 e. The molecule has 0 aromatic heterocycles. The van der Waals surface area contributed by atoms with Gasteiger partial charge in [0.2, 0.25) is 0 Å². The van der Waals surface area contributed by atoms with Gasteiger partial charge in [0.15, 0.2) is 6.61 Å². The fourth-order valence-corrected chi connectivity index (χ4v) is 3.68. The van der Waals surface area contributed by atoms with Gasteiger partial charge in [-0.05, 0) is 68.4 Å². The fraction of sp³-hybridized carbons (Fsp3) is 0.391. The van der Waals surface area contributed by atoms with Gasteiger partial charge in [-0.2, -0.15) is 13.2 Å². The number of carbonyl (C=O) groups is 2. The molecule has 0 aliphatic carbocycles. The SMILES string of the molecule is CCN1CCCC1CNC(=O)c1ccc(OCC(=O)Nc2cccc(C(F)(F)F)c2)cc1. The molecule has 32 heavy (non-hydrogen) atoms. The molecule has 6 nitrogen and oxygen atoms in total. The molecule has 1 atom stereocenters. The van der Waals surface area contributed by atoms with Crippen LogP contribution in [0.3, 0.4) is 0 Å². The van der Waals surface area contributed by atoms with Gasteiger partial charge in [0, 0.05) is 23.8 Å². The van der Waals surface area contributed by atoms with E-state index in [1.54, 1.807) is 24.3 Å². The van der Waals surface area contributed by atoms with Crippen molar-refractivity contribution in [1.82, 2.24) is 10.2 Å². The van der Waals surface area contributed by atoms with Crippen molar-refractivity contribution in [3.05, 3.63) is 59.7 Å². The minimum Gasteiger partial charge on any atom is -0.484 e. The Morgan fingerprint density at radius 2 is 1.91 bits per heavy atom. The van der Waals surface area contributed by atoms with Gasteiger partial charge in [0.05, 0.1) is 5.56 Å². The van der Waals surface area contributed by atoms with Gasteiger partial charge in [-0.3, -0.25) is 14.5 Å². The summed E-state index contributed by atoms with van der Waals surface area (Å²) in [5, 5.41) is 5.33. The number of amides is 2. The number of hydrogen-bond acceptors (Lipinski definition) is 4. The highest BCUT2D eigenvalue weighted by Crippen LogP contribution is 2.30. The van der Waals surface area contributed by atoms with Gasteiger partial charge < -0.3 is 15.4 Å². The van der Waals surface area contributed by atoms with Gasteiger partial charge in [0.25, 0.3) is 11.8 Å². The second-order valence-electron chi connectivity index (χ2n) is 7.57. The predicted molar refractivity (Wildman–Crippen MR) is 115 cm³/mol. The van der Waals surface area contributed by atoms with E-state index < -0.39 is 17.6 Å². The highest BCUT2D eigenvalue weighted by atomic mass is 19.4. The van der Waals surface area contributed by atoms with Gasteiger partial charge >= 0.3 is 6.18 Å². The Kier molecular flexibility index (Phi) is 7.74. The first kappa shape index (κ1) is 23.6. The molecule has 9 heteroatoms. The van der Waals surface area contributed by atoms with Crippen LogP contribution >= 0.6 is 0 Å². The third-order valence-corrected chi connectivity index (χ3v) is 5.36. The van der Waals surface area contributed by atoms with E-state index in [0.717, 1.165) is 38.1 Å². The standard InChI is InChI=1S/C23H26F3N3O3/c1-2-29-12-4-7-19(29)14-27-22(31)16-8-10-20(11-9-16)32-15-21(30)28-18-6-3-5-17(13-18)23(24,25)26/h3,5-6,8-11,13,19H,2,4,7,12,14-15H2,1H3,(H,27,31)(H,28,30). The van der Waals surface area contributed by atoms with Crippen molar-refractivity contribution in [2.75, 3.05) is 31.6 Å². The third-order valence-electron chi connectivity index (χ3n) is 5.36. The first-order valence-corrected chi connectivity index (χ1v) is 10.5. The Labute approximate surface area is 184 Å². The van der Waals surface area contributed by atoms with Crippen LogP contribution in [0.15, 0.2) is 48.5 Å². The lowest BCUT2D eigenvalue weighted by molar-refractivity contribution is -0.137. The summed E-state index contributed by atoms with van der Waals surface area (Å²) in [5.74, 6) is -0.404. The van der Waals surface area contributed by atoms with Crippen molar-refractivity contribution >= 4 is 17.5 Å². The number of benzene rings is 2. The second-order valence-corrected chi connectivity index (χ2v) is 7.57. The number of likely N-dealkylation sites (N-methyl/N-ethyl adjacent to an activating group) is 1. The zero-order valence-corrected chi connectivity index (χ0v) is 17.7. The van der Waals surface area contributed by atoms with Crippen LogP contribution < -0.4 is 15.4 Å². The average Bonchev–Trinajstić information content (AvgIpc) is 3.23. The molecule has 1 heterocycles. The molecular formula is C23H26F3N3O3. The molecule has 2 N–H and O–H groups in total. The summed E-state index contributed by atoms with van der Waals surface area (Å²) in [6, 6.07) is 11.1. The highest BCUT2D eigenvalue weighted by Gasteiger charge is 2.30. The Hall–Kier alpha value is -3.07. The number of rotatable bonds is 8. The van der Waals surface area contributed by atoms with Crippen LogP contribution in [-0.4, -0.2) is 49.0 Å². The number of alkyl halides is 3. The van der Waals surface area contributed by atoms with Crippen LogP contribution in [0.4, 0.5) is 18.9 Å². The Morgan fingerprint density at radius 3 is 2.59 bits per heavy atom. The molecule has 2 aromatic carbocycles. The lowest BCUT2D eigenvalue weighted by Crippen LogP contribution is -2.40. The number of likely N-dealkylation sites (tertiary alicyclic amines) is 1. The van der Waals surface area contributed by atoms with Crippen LogP contribution in [0.5, 0.6) is 5.75 Å². The normalized spacial score (nSPS) is 16.6. The van der Waals surface area contributed by atoms with Crippen molar-refractivity contribution < 1.29 is 27.5 Å². The zero-order valence-electron chi connectivity index (χ0n) is 17.7. The van der Waals surface area contributed by atoms with Crippen LogP contribution in [0.25, 0.3) is 0 Å². The van der Waals surface area contributed by atoms with E-state index in [1.807, 2.05) is 0 Å². The molecule has 1 aliphatic rings. The van der Waals surface area contributed by atoms with Gasteiger partial charge in [-0.1, -0.05) is 13.0 Å². The van der Waals surface area contributed by atoms with E-state index in [9.17, 15) is 22.8 Å². The molecule has 1 saturated heterocycles. The van der Waals surface area contributed by atoms with E-state index in [4.69, 9.17) is 4.74 Å².